The second-order valence-corrected chi connectivity index (χ2v) is 8.02. The van der Waals surface area contributed by atoms with Gasteiger partial charge in [0.05, 0.1) is 6.54 Å². The molecule has 0 amide bonds. The number of rotatable bonds is 3. The fourth-order valence-corrected chi connectivity index (χ4v) is 3.04. The third-order valence-corrected chi connectivity index (χ3v) is 4.73. The largest absolute Gasteiger partial charge is 0.288 e. The number of hydrogen-bond donors (Lipinski definition) is 0. The van der Waals surface area contributed by atoms with Crippen molar-refractivity contribution >= 4 is 36.8 Å². The van der Waals surface area contributed by atoms with Crippen LogP contribution in [-0.4, -0.2) is 29.2 Å². The van der Waals surface area contributed by atoms with Crippen LogP contribution in [-0.2, 0) is 16.4 Å². The van der Waals surface area contributed by atoms with Gasteiger partial charge in [-0.3, -0.25) is 9.36 Å². The van der Waals surface area contributed by atoms with E-state index in [1.54, 1.807) is 12.1 Å². The van der Waals surface area contributed by atoms with Crippen LogP contribution in [0.3, 0.4) is 0 Å². The average molecular weight is 412 g/mol. The number of halogens is 2. The molecule has 0 fully saturated rings. The smallest absolute Gasteiger partial charge is 0.252 e. The molecule has 0 unspecified atom stereocenters. The topological polar surface area (TPSA) is 81.9 Å². The van der Waals surface area contributed by atoms with Crippen molar-refractivity contribution in [3.63, 3.8) is 0 Å². The van der Waals surface area contributed by atoms with E-state index in [1.807, 2.05) is 0 Å². The van der Waals surface area contributed by atoms with Gasteiger partial charge < -0.3 is 0 Å². The van der Waals surface area contributed by atoms with Crippen LogP contribution in [0.1, 0.15) is 5.56 Å². The van der Waals surface area contributed by atoms with Gasteiger partial charge in [0.25, 0.3) is 5.56 Å². The van der Waals surface area contributed by atoms with Crippen LogP contribution >= 0.6 is 15.9 Å². The molecular weight excluding hydrogens is 401 g/mol. The van der Waals surface area contributed by atoms with Gasteiger partial charge in [-0.25, -0.2) is 17.8 Å². The van der Waals surface area contributed by atoms with Crippen molar-refractivity contribution in [2.75, 3.05) is 6.26 Å². The Morgan fingerprint density at radius 1 is 1.25 bits per heavy atom. The Bertz CT molecular complexity index is 1110. The minimum absolute atomic E-state index is 0.0739. The summed E-state index contributed by atoms with van der Waals surface area (Å²) in [5, 5.41) is 0.102. The van der Waals surface area contributed by atoms with Crippen molar-refractivity contribution in [3.8, 4) is 0 Å². The maximum absolute atomic E-state index is 14.1. The van der Waals surface area contributed by atoms with Gasteiger partial charge in [0.1, 0.15) is 11.5 Å². The van der Waals surface area contributed by atoms with E-state index in [0.29, 0.717) is 9.86 Å². The first kappa shape index (κ1) is 16.7. The zero-order chi connectivity index (χ0) is 17.5. The van der Waals surface area contributed by atoms with E-state index in [4.69, 9.17) is 0 Å². The first-order valence-corrected chi connectivity index (χ1v) is 9.45. The lowest BCUT2D eigenvalue weighted by Crippen LogP contribution is -2.22. The van der Waals surface area contributed by atoms with Crippen molar-refractivity contribution in [2.45, 2.75) is 11.7 Å². The van der Waals surface area contributed by atoms with E-state index in [-0.39, 0.29) is 22.9 Å². The molecule has 0 radical (unpaired) electrons. The van der Waals surface area contributed by atoms with E-state index in [0.717, 1.165) is 6.26 Å². The molecule has 0 atom stereocenters. The maximum Gasteiger partial charge on any atom is 0.252 e. The van der Waals surface area contributed by atoms with Crippen LogP contribution in [0.25, 0.3) is 11.0 Å². The summed E-state index contributed by atoms with van der Waals surface area (Å²) in [7, 11) is -3.63. The predicted octanol–water partition coefficient (Wildman–Crippen LogP) is 2.14. The van der Waals surface area contributed by atoms with Gasteiger partial charge in [0, 0.05) is 33.9 Å². The molecule has 0 aliphatic rings. The van der Waals surface area contributed by atoms with Crippen molar-refractivity contribution in [2.24, 2.45) is 0 Å². The second-order valence-electron chi connectivity index (χ2n) is 5.20. The van der Waals surface area contributed by atoms with Crippen molar-refractivity contribution in [1.82, 2.24) is 14.5 Å². The van der Waals surface area contributed by atoms with Gasteiger partial charge >= 0.3 is 0 Å². The Hall–Kier alpha value is -2.13. The molecule has 1 aromatic carbocycles. The molecule has 0 N–H and O–H groups in total. The monoisotopic (exact) mass is 411 g/mol. The summed E-state index contributed by atoms with van der Waals surface area (Å²) in [4.78, 5) is 20.0. The fraction of sp³-hybridized carbons (Fsp3) is 0.133. The SMILES string of the molecule is CS(=O)(=O)c1ncc2ccc(=O)n(Cc3ccc(Br)cc3F)c2n1. The lowest BCUT2D eigenvalue weighted by molar-refractivity contribution is 0.590. The van der Waals surface area contributed by atoms with E-state index in [9.17, 15) is 17.6 Å². The van der Waals surface area contributed by atoms with E-state index < -0.39 is 21.2 Å². The Morgan fingerprint density at radius 2 is 2.00 bits per heavy atom. The van der Waals surface area contributed by atoms with Crippen molar-refractivity contribution in [3.05, 3.63) is 62.7 Å². The Balaban J connectivity index is 2.22. The standard InChI is InChI=1S/C15H11BrFN3O3S/c1-24(22,23)15-18-7-9-3-5-13(21)20(14(9)19-15)8-10-2-4-11(16)6-12(10)17/h2-7H,8H2,1H3. The van der Waals surface area contributed by atoms with Gasteiger partial charge in [-0.15, -0.1) is 0 Å². The van der Waals surface area contributed by atoms with Gasteiger partial charge in [0.2, 0.25) is 15.0 Å². The zero-order valence-electron chi connectivity index (χ0n) is 12.4. The molecule has 0 aliphatic heterocycles. The van der Waals surface area contributed by atoms with Crippen molar-refractivity contribution in [1.29, 1.82) is 0 Å². The molecule has 3 rings (SSSR count). The van der Waals surface area contributed by atoms with Gasteiger partial charge in [-0.05, 0) is 18.2 Å². The van der Waals surface area contributed by atoms with Crippen LogP contribution in [0.2, 0.25) is 0 Å². The molecule has 0 saturated heterocycles. The number of hydrogen-bond acceptors (Lipinski definition) is 5. The molecule has 0 aliphatic carbocycles. The van der Waals surface area contributed by atoms with Gasteiger partial charge in [-0.1, -0.05) is 22.0 Å². The highest BCUT2D eigenvalue weighted by molar-refractivity contribution is 9.10. The molecule has 2 aromatic heterocycles. The van der Waals surface area contributed by atoms with Crippen LogP contribution in [0, 0.1) is 5.82 Å². The quantitative estimate of drug-likeness (QED) is 0.616. The van der Waals surface area contributed by atoms with Gasteiger partial charge in [-0.2, -0.15) is 4.98 Å². The fourth-order valence-electron chi connectivity index (χ4n) is 2.21. The Kier molecular flexibility index (Phi) is 4.22. The Morgan fingerprint density at radius 3 is 2.67 bits per heavy atom. The molecule has 9 heteroatoms. The number of pyridine rings is 1. The second kappa shape index (κ2) is 6.06. The highest BCUT2D eigenvalue weighted by Crippen LogP contribution is 2.18. The molecule has 2 heterocycles. The van der Waals surface area contributed by atoms with Crippen LogP contribution in [0.5, 0.6) is 0 Å². The Labute approximate surface area is 145 Å². The average Bonchev–Trinajstić information content (AvgIpc) is 2.51. The third-order valence-electron chi connectivity index (χ3n) is 3.38. The number of sulfone groups is 1. The van der Waals surface area contributed by atoms with Gasteiger partial charge in [0.15, 0.2) is 0 Å². The minimum Gasteiger partial charge on any atom is -0.288 e. The zero-order valence-corrected chi connectivity index (χ0v) is 14.8. The van der Waals surface area contributed by atoms with E-state index >= 15 is 0 Å². The molecular formula is C15H11BrFN3O3S. The summed E-state index contributed by atoms with van der Waals surface area (Å²) in [6, 6.07) is 7.30. The summed E-state index contributed by atoms with van der Waals surface area (Å²) in [6.07, 6.45) is 2.31. The molecule has 24 heavy (non-hydrogen) atoms. The number of aromatic nitrogens is 3. The molecule has 0 bridgehead atoms. The molecule has 0 spiro atoms. The predicted molar refractivity (Wildman–Crippen MR) is 90.1 cm³/mol. The summed E-state index contributed by atoms with van der Waals surface area (Å²) < 4.78 is 39.2. The summed E-state index contributed by atoms with van der Waals surface area (Å²) >= 11 is 3.17. The van der Waals surface area contributed by atoms with Crippen LogP contribution in [0.15, 0.2) is 51.0 Å². The lowest BCUT2D eigenvalue weighted by Gasteiger charge is -2.10. The van der Waals surface area contributed by atoms with E-state index in [1.165, 1.54) is 29.0 Å². The van der Waals surface area contributed by atoms with Crippen LogP contribution < -0.4 is 5.56 Å². The maximum atomic E-state index is 14.1. The minimum atomic E-state index is -3.63. The van der Waals surface area contributed by atoms with E-state index in [2.05, 4.69) is 25.9 Å². The summed E-state index contributed by atoms with van der Waals surface area (Å²) in [5.41, 5.74) is 0.00975. The molecule has 6 nitrogen and oxygen atoms in total. The van der Waals surface area contributed by atoms with Crippen molar-refractivity contribution < 1.29 is 12.8 Å². The first-order chi connectivity index (χ1) is 11.3. The van der Waals surface area contributed by atoms with Crippen LogP contribution in [0.4, 0.5) is 4.39 Å². The molecule has 0 saturated carbocycles. The highest BCUT2D eigenvalue weighted by atomic mass is 79.9. The first-order valence-electron chi connectivity index (χ1n) is 6.76. The molecule has 124 valence electrons. The normalized spacial score (nSPS) is 11.8. The number of fused-ring (bicyclic) bond motifs is 1. The number of benzene rings is 1. The summed E-state index contributed by atoms with van der Waals surface area (Å²) in [6.45, 7) is -0.0739. The highest BCUT2D eigenvalue weighted by Gasteiger charge is 2.15. The lowest BCUT2D eigenvalue weighted by atomic mass is 10.2. The third kappa shape index (κ3) is 3.22. The number of nitrogens with zero attached hydrogens (tertiary/aromatic N) is 3. The molecule has 3 aromatic rings. The summed E-state index contributed by atoms with van der Waals surface area (Å²) in [5.74, 6) is -0.481.